The number of nitrogens with one attached hydrogen (secondary N) is 2. The van der Waals surface area contributed by atoms with E-state index in [2.05, 4.69) is 23.8 Å². The normalized spacial score (nSPS) is 11.7. The van der Waals surface area contributed by atoms with E-state index in [1.807, 2.05) is 0 Å². The third kappa shape index (κ3) is 4.35. The highest BCUT2D eigenvalue weighted by Gasteiger charge is 2.34. The van der Waals surface area contributed by atoms with E-state index in [1.54, 1.807) is 97.1 Å². The summed E-state index contributed by atoms with van der Waals surface area (Å²) < 4.78 is 0. The van der Waals surface area contributed by atoms with Crippen LogP contribution in [0.5, 0.6) is 0 Å². The molecule has 38 heavy (non-hydrogen) atoms. The van der Waals surface area contributed by atoms with Crippen LogP contribution in [0.3, 0.4) is 0 Å². The molecular weight excluding hydrogens is 476 g/mol. The van der Waals surface area contributed by atoms with Gasteiger partial charge in [-0.3, -0.25) is 19.2 Å². The van der Waals surface area contributed by atoms with Gasteiger partial charge in [-0.25, -0.2) is 0 Å². The molecule has 2 amide bonds. The van der Waals surface area contributed by atoms with Crippen molar-refractivity contribution in [3.05, 3.63) is 143 Å². The second-order valence-electron chi connectivity index (χ2n) is 8.68. The number of hydrogen-bond acceptors (Lipinski definition) is 4. The number of amides is 2. The Balaban J connectivity index is 1.47. The van der Waals surface area contributed by atoms with Crippen molar-refractivity contribution in [3.63, 3.8) is 0 Å². The van der Waals surface area contributed by atoms with Gasteiger partial charge in [-0.1, -0.05) is 73.8 Å². The molecule has 5 rings (SSSR count). The molecule has 0 unspecified atom stereocenters. The van der Waals surface area contributed by atoms with Gasteiger partial charge in [0.25, 0.3) is 11.8 Å². The highest BCUT2D eigenvalue weighted by Crippen LogP contribution is 2.35. The highest BCUT2D eigenvalue weighted by molar-refractivity contribution is 6.32. The van der Waals surface area contributed by atoms with Crippen molar-refractivity contribution in [2.75, 3.05) is 10.6 Å². The number of benzene rings is 4. The van der Waals surface area contributed by atoms with Crippen molar-refractivity contribution in [1.29, 1.82) is 0 Å². The third-order valence-electron chi connectivity index (χ3n) is 6.39. The Morgan fingerprint density at radius 3 is 1.26 bits per heavy atom. The third-order valence-corrected chi connectivity index (χ3v) is 6.39. The SMILES string of the molecule is C=Cc1ccc(C(=O)Nc2cccc3c2C(=O)c2cccc(NC(=O)c4ccc(C=C)cc4)c2C3=O)cc1. The summed E-state index contributed by atoms with van der Waals surface area (Å²) in [4.78, 5) is 53.0. The molecule has 0 fully saturated rings. The minimum Gasteiger partial charge on any atom is -0.321 e. The van der Waals surface area contributed by atoms with Crippen LogP contribution in [0.4, 0.5) is 11.4 Å². The van der Waals surface area contributed by atoms with E-state index >= 15 is 0 Å². The molecule has 0 spiro atoms. The zero-order chi connectivity index (χ0) is 26.8. The van der Waals surface area contributed by atoms with E-state index in [1.165, 1.54) is 0 Å². The van der Waals surface area contributed by atoms with Crippen LogP contribution >= 0.6 is 0 Å². The van der Waals surface area contributed by atoms with Gasteiger partial charge >= 0.3 is 0 Å². The molecule has 0 heterocycles. The Labute approximate surface area is 219 Å². The molecule has 1 aliphatic rings. The Kier molecular flexibility index (Phi) is 6.37. The van der Waals surface area contributed by atoms with E-state index in [0.717, 1.165) is 11.1 Å². The van der Waals surface area contributed by atoms with Gasteiger partial charge in [0.1, 0.15) is 0 Å². The molecule has 184 valence electrons. The van der Waals surface area contributed by atoms with E-state index in [-0.39, 0.29) is 33.6 Å². The first-order valence-corrected chi connectivity index (χ1v) is 11.8. The zero-order valence-electron chi connectivity index (χ0n) is 20.3. The molecule has 4 aromatic rings. The van der Waals surface area contributed by atoms with Gasteiger partial charge in [0.05, 0.1) is 22.5 Å². The summed E-state index contributed by atoms with van der Waals surface area (Å²) in [5.41, 5.74) is 3.54. The number of ketones is 2. The minimum absolute atomic E-state index is 0.115. The maximum atomic E-state index is 13.6. The average Bonchev–Trinajstić information content (AvgIpc) is 2.95. The maximum Gasteiger partial charge on any atom is 0.255 e. The van der Waals surface area contributed by atoms with Gasteiger partial charge in [0.15, 0.2) is 11.6 Å². The topological polar surface area (TPSA) is 92.3 Å². The molecule has 0 saturated carbocycles. The standard InChI is InChI=1S/C32H22N2O4/c1-3-19-11-15-21(16-12-19)31(37)33-25-9-5-7-23-27(25)29(35)24-8-6-10-26(28(24)30(23)36)34-32(38)22-17-13-20(4-2)14-18-22/h3-18H,1-2H2,(H,33,37)(H,34,38). The van der Waals surface area contributed by atoms with Gasteiger partial charge in [0.2, 0.25) is 0 Å². The minimum atomic E-state index is -0.418. The second kappa shape index (κ2) is 9.95. The van der Waals surface area contributed by atoms with Crippen molar-refractivity contribution in [2.45, 2.75) is 0 Å². The van der Waals surface area contributed by atoms with E-state index in [0.29, 0.717) is 11.1 Å². The predicted molar refractivity (Wildman–Crippen MR) is 149 cm³/mol. The predicted octanol–water partition coefficient (Wildman–Crippen LogP) is 6.25. The summed E-state index contributed by atoms with van der Waals surface area (Å²) in [5.74, 6) is -1.66. The van der Waals surface area contributed by atoms with Crippen LogP contribution in [0, 0.1) is 0 Å². The first-order valence-electron chi connectivity index (χ1n) is 11.8. The first kappa shape index (κ1) is 24.3. The van der Waals surface area contributed by atoms with Crippen LogP contribution in [-0.2, 0) is 0 Å². The molecule has 0 bridgehead atoms. The lowest BCUT2D eigenvalue weighted by Gasteiger charge is -2.22. The molecular formula is C32H22N2O4. The molecule has 1 aliphatic carbocycles. The number of carbonyl (C=O) groups is 4. The van der Waals surface area contributed by atoms with Gasteiger partial charge in [-0.05, 0) is 47.5 Å². The molecule has 4 aromatic carbocycles. The molecule has 0 aromatic heterocycles. The van der Waals surface area contributed by atoms with Crippen LogP contribution in [0.1, 0.15) is 63.7 Å². The monoisotopic (exact) mass is 498 g/mol. The molecule has 0 aliphatic heterocycles. The van der Waals surface area contributed by atoms with Gasteiger partial charge in [-0.2, -0.15) is 0 Å². The number of anilines is 2. The molecule has 6 heteroatoms. The molecule has 0 radical (unpaired) electrons. The largest absolute Gasteiger partial charge is 0.321 e. The summed E-state index contributed by atoms with van der Waals surface area (Å²) in [5, 5.41) is 5.54. The Morgan fingerprint density at radius 2 is 0.921 bits per heavy atom. The van der Waals surface area contributed by atoms with E-state index in [9.17, 15) is 19.2 Å². The Bertz CT molecular complexity index is 1520. The quantitative estimate of drug-likeness (QED) is 0.289. The van der Waals surface area contributed by atoms with Crippen LogP contribution in [-0.4, -0.2) is 23.4 Å². The van der Waals surface area contributed by atoms with Crippen LogP contribution < -0.4 is 10.6 Å². The molecule has 0 atom stereocenters. The summed E-state index contributed by atoms with van der Waals surface area (Å²) in [6, 6.07) is 23.1. The second-order valence-corrected chi connectivity index (χ2v) is 8.68. The summed E-state index contributed by atoms with van der Waals surface area (Å²) in [7, 11) is 0. The fourth-order valence-electron chi connectivity index (χ4n) is 4.38. The van der Waals surface area contributed by atoms with Gasteiger partial charge in [-0.15, -0.1) is 0 Å². The van der Waals surface area contributed by atoms with Gasteiger partial charge in [0, 0.05) is 22.3 Å². The van der Waals surface area contributed by atoms with Crippen LogP contribution in [0.2, 0.25) is 0 Å². The van der Waals surface area contributed by atoms with E-state index in [4.69, 9.17) is 0 Å². The maximum absolute atomic E-state index is 13.6. The number of carbonyl (C=O) groups excluding carboxylic acids is 4. The van der Waals surface area contributed by atoms with Crippen LogP contribution in [0.25, 0.3) is 12.2 Å². The summed E-state index contributed by atoms with van der Waals surface area (Å²) in [6.07, 6.45) is 3.35. The van der Waals surface area contributed by atoms with Gasteiger partial charge < -0.3 is 10.6 Å². The lowest BCUT2D eigenvalue weighted by atomic mass is 9.82. The number of fused-ring (bicyclic) bond motifs is 2. The van der Waals surface area contributed by atoms with E-state index < -0.39 is 23.4 Å². The first-order chi connectivity index (χ1) is 18.4. The van der Waals surface area contributed by atoms with Crippen molar-refractivity contribution in [3.8, 4) is 0 Å². The zero-order valence-corrected chi connectivity index (χ0v) is 20.3. The van der Waals surface area contributed by atoms with Crippen molar-refractivity contribution < 1.29 is 19.2 Å². The molecule has 2 N–H and O–H groups in total. The van der Waals surface area contributed by atoms with Crippen LogP contribution in [0.15, 0.2) is 98.1 Å². The lowest BCUT2D eigenvalue weighted by molar-refractivity contribution is 0.0977. The number of hydrogen-bond donors (Lipinski definition) is 2. The fourth-order valence-corrected chi connectivity index (χ4v) is 4.38. The van der Waals surface area contributed by atoms with Crippen molar-refractivity contribution in [1.82, 2.24) is 0 Å². The Hall–Kier alpha value is -5.36. The van der Waals surface area contributed by atoms with Crippen molar-refractivity contribution in [2.24, 2.45) is 0 Å². The molecule has 0 saturated heterocycles. The van der Waals surface area contributed by atoms with Crippen molar-refractivity contribution >= 4 is 46.9 Å². The average molecular weight is 499 g/mol. The highest BCUT2D eigenvalue weighted by atomic mass is 16.2. The lowest BCUT2D eigenvalue weighted by Crippen LogP contribution is -2.26. The molecule has 6 nitrogen and oxygen atoms in total. The number of rotatable bonds is 6. The summed E-state index contributed by atoms with van der Waals surface area (Å²) >= 11 is 0. The fraction of sp³-hybridized carbons (Fsp3) is 0. The Morgan fingerprint density at radius 1 is 0.553 bits per heavy atom. The summed E-state index contributed by atoms with van der Waals surface area (Å²) in [6.45, 7) is 7.40. The smallest absolute Gasteiger partial charge is 0.255 e.